The third kappa shape index (κ3) is 3.23. The highest BCUT2D eigenvalue weighted by atomic mass is 16.2. The van der Waals surface area contributed by atoms with Crippen LogP contribution >= 0.6 is 0 Å². The van der Waals surface area contributed by atoms with Gasteiger partial charge in [0.2, 0.25) is 5.91 Å². The van der Waals surface area contributed by atoms with Crippen LogP contribution in [0, 0.1) is 6.07 Å². The molecule has 3 N–H and O–H groups in total. The standard InChI is InChI=1S/C16H15N2O2/c1-11(12-6-3-2-4-7-12)15(19)18-16(20)13-8-5-9-14(17)10-13/h2-4,6-11H,17H2,1H3,(H,18,19,20). The number of hydrogen-bond donors (Lipinski definition) is 2. The van der Waals surface area contributed by atoms with Crippen molar-refractivity contribution in [2.24, 2.45) is 0 Å². The quantitative estimate of drug-likeness (QED) is 0.837. The summed E-state index contributed by atoms with van der Waals surface area (Å²) in [5.41, 5.74) is 7.19. The minimum Gasteiger partial charge on any atom is -0.399 e. The molecule has 0 bridgehead atoms. The average Bonchev–Trinajstić information content (AvgIpc) is 2.47. The van der Waals surface area contributed by atoms with Gasteiger partial charge in [-0.15, -0.1) is 0 Å². The molecule has 1 unspecified atom stereocenters. The zero-order chi connectivity index (χ0) is 14.5. The molecule has 0 saturated heterocycles. The molecular weight excluding hydrogens is 252 g/mol. The van der Waals surface area contributed by atoms with Crippen LogP contribution in [0.2, 0.25) is 0 Å². The molecule has 2 amide bonds. The first-order valence-corrected chi connectivity index (χ1v) is 6.24. The van der Waals surface area contributed by atoms with Crippen LogP contribution in [0.3, 0.4) is 0 Å². The molecule has 0 fully saturated rings. The van der Waals surface area contributed by atoms with Crippen molar-refractivity contribution >= 4 is 17.5 Å². The second-order valence-corrected chi connectivity index (χ2v) is 4.51. The fraction of sp³-hybridized carbons (Fsp3) is 0.125. The van der Waals surface area contributed by atoms with Gasteiger partial charge in [-0.05, 0) is 36.8 Å². The highest BCUT2D eigenvalue weighted by Crippen LogP contribution is 2.15. The Hall–Kier alpha value is -2.62. The summed E-state index contributed by atoms with van der Waals surface area (Å²) in [4.78, 5) is 24.0. The van der Waals surface area contributed by atoms with Crippen molar-refractivity contribution in [1.82, 2.24) is 5.32 Å². The molecule has 2 aromatic carbocycles. The van der Waals surface area contributed by atoms with Gasteiger partial charge in [-0.2, -0.15) is 0 Å². The van der Waals surface area contributed by atoms with Crippen molar-refractivity contribution in [2.75, 3.05) is 5.73 Å². The largest absolute Gasteiger partial charge is 0.399 e. The fourth-order valence-corrected chi connectivity index (χ4v) is 1.81. The molecule has 4 heteroatoms. The van der Waals surface area contributed by atoms with Crippen molar-refractivity contribution in [2.45, 2.75) is 12.8 Å². The molecular formula is C16H15N2O2. The Morgan fingerprint density at radius 2 is 1.90 bits per heavy atom. The maximum atomic E-state index is 12.0. The zero-order valence-electron chi connectivity index (χ0n) is 11.1. The molecule has 0 aliphatic rings. The highest BCUT2D eigenvalue weighted by Gasteiger charge is 2.18. The lowest BCUT2D eigenvalue weighted by Crippen LogP contribution is -2.33. The lowest BCUT2D eigenvalue weighted by Gasteiger charge is -2.11. The van der Waals surface area contributed by atoms with E-state index in [0.29, 0.717) is 11.3 Å². The van der Waals surface area contributed by atoms with E-state index in [1.165, 1.54) is 12.1 Å². The number of nitrogen functional groups attached to an aromatic ring is 1. The molecule has 1 radical (unpaired) electrons. The highest BCUT2D eigenvalue weighted by molar-refractivity contribution is 6.06. The predicted molar refractivity (Wildman–Crippen MR) is 77.0 cm³/mol. The van der Waals surface area contributed by atoms with Crippen LogP contribution in [0.15, 0.2) is 48.5 Å². The van der Waals surface area contributed by atoms with Gasteiger partial charge in [-0.3, -0.25) is 14.9 Å². The topological polar surface area (TPSA) is 72.2 Å². The summed E-state index contributed by atoms with van der Waals surface area (Å²) < 4.78 is 0. The van der Waals surface area contributed by atoms with Crippen LogP contribution in [-0.4, -0.2) is 11.8 Å². The molecule has 20 heavy (non-hydrogen) atoms. The Kier molecular flexibility index (Phi) is 4.15. The smallest absolute Gasteiger partial charge is 0.257 e. The van der Waals surface area contributed by atoms with Gasteiger partial charge in [-0.1, -0.05) is 30.3 Å². The summed E-state index contributed by atoms with van der Waals surface area (Å²) in [6.45, 7) is 1.75. The summed E-state index contributed by atoms with van der Waals surface area (Å²) in [5, 5.41) is 2.37. The summed E-state index contributed by atoms with van der Waals surface area (Å²) in [6.07, 6.45) is 0. The van der Waals surface area contributed by atoms with Crippen molar-refractivity contribution in [3.05, 3.63) is 65.7 Å². The van der Waals surface area contributed by atoms with Gasteiger partial charge in [-0.25, -0.2) is 0 Å². The van der Waals surface area contributed by atoms with Gasteiger partial charge in [0.15, 0.2) is 0 Å². The fourth-order valence-electron chi connectivity index (χ4n) is 1.81. The van der Waals surface area contributed by atoms with Gasteiger partial charge in [0.1, 0.15) is 0 Å². The Morgan fingerprint density at radius 3 is 2.55 bits per heavy atom. The monoisotopic (exact) mass is 267 g/mol. The number of nitrogens with two attached hydrogens (primary N) is 1. The Labute approximate surface area is 117 Å². The third-order valence-corrected chi connectivity index (χ3v) is 3.00. The number of hydrogen-bond acceptors (Lipinski definition) is 3. The number of imide groups is 1. The van der Waals surface area contributed by atoms with E-state index in [1.54, 1.807) is 13.0 Å². The Morgan fingerprint density at radius 1 is 1.20 bits per heavy atom. The molecule has 1 atom stereocenters. The SMILES string of the molecule is CC(C(=O)NC(=O)c1c[c]cc(N)c1)c1ccccc1. The van der Waals surface area contributed by atoms with E-state index in [-0.39, 0.29) is 5.91 Å². The molecule has 0 aliphatic heterocycles. The predicted octanol–water partition coefficient (Wildman–Crippen LogP) is 2.13. The van der Waals surface area contributed by atoms with Gasteiger partial charge >= 0.3 is 0 Å². The van der Waals surface area contributed by atoms with Crippen LogP contribution in [-0.2, 0) is 4.79 Å². The van der Waals surface area contributed by atoms with Gasteiger partial charge in [0.25, 0.3) is 5.91 Å². The maximum absolute atomic E-state index is 12.0. The number of rotatable bonds is 3. The Bertz CT molecular complexity index is 623. The second-order valence-electron chi connectivity index (χ2n) is 4.51. The number of carbonyl (C=O) groups excluding carboxylic acids is 2. The molecule has 0 aromatic heterocycles. The molecule has 0 spiro atoms. The molecule has 4 nitrogen and oxygen atoms in total. The molecule has 2 aromatic rings. The second kappa shape index (κ2) is 6.02. The van der Waals surface area contributed by atoms with E-state index in [9.17, 15) is 9.59 Å². The van der Waals surface area contributed by atoms with Crippen LogP contribution in [0.4, 0.5) is 5.69 Å². The van der Waals surface area contributed by atoms with Crippen molar-refractivity contribution < 1.29 is 9.59 Å². The van der Waals surface area contributed by atoms with Crippen molar-refractivity contribution in [1.29, 1.82) is 0 Å². The molecule has 0 aliphatic carbocycles. The average molecular weight is 267 g/mol. The number of amides is 2. The van der Waals surface area contributed by atoms with Crippen LogP contribution < -0.4 is 11.1 Å². The molecule has 0 saturated carbocycles. The van der Waals surface area contributed by atoms with E-state index >= 15 is 0 Å². The van der Waals surface area contributed by atoms with Gasteiger partial charge in [0, 0.05) is 11.3 Å². The molecule has 2 rings (SSSR count). The molecule has 0 heterocycles. The van der Waals surface area contributed by atoms with E-state index in [1.807, 2.05) is 30.3 Å². The maximum Gasteiger partial charge on any atom is 0.257 e. The minimum atomic E-state index is -0.471. The Balaban J connectivity index is 2.06. The van der Waals surface area contributed by atoms with Crippen molar-refractivity contribution in [3.8, 4) is 0 Å². The number of benzene rings is 2. The number of anilines is 1. The van der Waals surface area contributed by atoms with E-state index < -0.39 is 11.8 Å². The zero-order valence-corrected chi connectivity index (χ0v) is 11.1. The van der Waals surface area contributed by atoms with Crippen LogP contribution in [0.5, 0.6) is 0 Å². The lowest BCUT2D eigenvalue weighted by molar-refractivity contribution is -0.121. The number of carbonyl (C=O) groups is 2. The van der Waals surface area contributed by atoms with Crippen molar-refractivity contribution in [3.63, 3.8) is 0 Å². The lowest BCUT2D eigenvalue weighted by atomic mass is 10.0. The normalized spacial score (nSPS) is 11.7. The summed E-state index contributed by atoms with van der Waals surface area (Å²) >= 11 is 0. The summed E-state index contributed by atoms with van der Waals surface area (Å²) in [5.74, 6) is -1.21. The minimum absolute atomic E-state index is 0.318. The van der Waals surface area contributed by atoms with E-state index in [0.717, 1.165) is 5.56 Å². The first kappa shape index (κ1) is 13.8. The van der Waals surface area contributed by atoms with Crippen LogP contribution in [0.25, 0.3) is 0 Å². The van der Waals surface area contributed by atoms with E-state index in [2.05, 4.69) is 11.4 Å². The van der Waals surface area contributed by atoms with E-state index in [4.69, 9.17) is 5.73 Å². The first-order valence-electron chi connectivity index (χ1n) is 6.24. The first-order chi connectivity index (χ1) is 9.58. The molecule has 101 valence electrons. The van der Waals surface area contributed by atoms with Gasteiger partial charge < -0.3 is 5.73 Å². The summed E-state index contributed by atoms with van der Waals surface area (Å²) in [6, 6.07) is 16.6. The van der Waals surface area contributed by atoms with Gasteiger partial charge in [0.05, 0.1) is 5.92 Å². The van der Waals surface area contributed by atoms with Crippen LogP contribution in [0.1, 0.15) is 28.8 Å². The number of nitrogens with one attached hydrogen (secondary N) is 1. The third-order valence-electron chi connectivity index (χ3n) is 3.00. The summed E-state index contributed by atoms with van der Waals surface area (Å²) in [7, 11) is 0.